The fourth-order valence-corrected chi connectivity index (χ4v) is 0.770. The highest BCUT2D eigenvalue weighted by atomic mass is 16.7. The Morgan fingerprint density at radius 1 is 1.45 bits per heavy atom. The summed E-state index contributed by atoms with van der Waals surface area (Å²) < 4.78 is 0. The van der Waals surface area contributed by atoms with E-state index >= 15 is 0 Å². The lowest BCUT2D eigenvalue weighted by Gasteiger charge is -2.01. The molecule has 0 unspecified atom stereocenters. The number of rotatable bonds is 3. The molecule has 0 N–H and O–H groups in total. The monoisotopic (exact) mass is 157 g/mol. The quantitative estimate of drug-likeness (QED) is 0.357. The summed E-state index contributed by atoms with van der Waals surface area (Å²) in [7, 11) is 0. The van der Waals surface area contributed by atoms with Gasteiger partial charge in [0.2, 0.25) is 0 Å². The predicted molar refractivity (Wildman–Crippen MR) is 44.3 cm³/mol. The Bertz CT molecular complexity index is 161. The van der Waals surface area contributed by atoms with Gasteiger partial charge in [-0.15, -0.1) is 0 Å². The molecule has 3 nitrogen and oxygen atoms in total. The van der Waals surface area contributed by atoms with Crippen LogP contribution in [0.1, 0.15) is 34.1 Å². The van der Waals surface area contributed by atoms with E-state index in [0.717, 1.165) is 12.1 Å². The molecule has 0 fully saturated rings. The molecule has 0 spiro atoms. The SMILES string of the molecule is CC(=O)ON=C(C)CC(C)C. The minimum atomic E-state index is -0.367. The van der Waals surface area contributed by atoms with Gasteiger partial charge in [0, 0.05) is 6.92 Å². The van der Waals surface area contributed by atoms with E-state index in [0.29, 0.717) is 5.92 Å². The maximum Gasteiger partial charge on any atom is 0.331 e. The van der Waals surface area contributed by atoms with Crippen LogP contribution in [-0.4, -0.2) is 11.7 Å². The Hall–Kier alpha value is -0.860. The number of carbonyl (C=O) groups is 1. The molecule has 0 aliphatic rings. The van der Waals surface area contributed by atoms with Crippen LogP contribution in [0, 0.1) is 5.92 Å². The highest BCUT2D eigenvalue weighted by Crippen LogP contribution is 2.01. The second-order valence-electron chi connectivity index (χ2n) is 3.01. The summed E-state index contributed by atoms with van der Waals surface area (Å²) in [6.45, 7) is 7.37. The van der Waals surface area contributed by atoms with Gasteiger partial charge >= 0.3 is 5.97 Å². The van der Waals surface area contributed by atoms with E-state index in [1.54, 1.807) is 0 Å². The number of hydrogen-bond acceptors (Lipinski definition) is 3. The smallest absolute Gasteiger partial charge is 0.319 e. The zero-order chi connectivity index (χ0) is 8.85. The van der Waals surface area contributed by atoms with E-state index in [1.807, 2.05) is 6.92 Å². The van der Waals surface area contributed by atoms with Crippen LogP contribution in [0.3, 0.4) is 0 Å². The van der Waals surface area contributed by atoms with E-state index in [9.17, 15) is 4.79 Å². The van der Waals surface area contributed by atoms with Gasteiger partial charge in [-0.2, -0.15) is 0 Å². The van der Waals surface area contributed by atoms with Crippen LogP contribution >= 0.6 is 0 Å². The third-order valence-electron chi connectivity index (χ3n) is 1.03. The summed E-state index contributed by atoms with van der Waals surface area (Å²) in [5.74, 6) is 0.183. The molecule has 0 aliphatic heterocycles. The van der Waals surface area contributed by atoms with Gasteiger partial charge in [-0.3, -0.25) is 0 Å². The summed E-state index contributed by atoms with van der Waals surface area (Å²) in [5, 5.41) is 3.63. The lowest BCUT2D eigenvalue weighted by molar-refractivity contribution is -0.140. The van der Waals surface area contributed by atoms with E-state index in [4.69, 9.17) is 0 Å². The van der Waals surface area contributed by atoms with Gasteiger partial charge in [0.15, 0.2) is 0 Å². The van der Waals surface area contributed by atoms with Gasteiger partial charge < -0.3 is 4.84 Å². The Morgan fingerprint density at radius 2 is 2.00 bits per heavy atom. The van der Waals surface area contributed by atoms with Crippen LogP contribution in [0.15, 0.2) is 5.16 Å². The molecule has 0 rings (SSSR count). The molecule has 0 aromatic rings. The van der Waals surface area contributed by atoms with Crippen molar-refractivity contribution in [1.29, 1.82) is 0 Å². The molecule has 0 aliphatic carbocycles. The van der Waals surface area contributed by atoms with Crippen molar-refractivity contribution in [3.63, 3.8) is 0 Å². The molecule has 11 heavy (non-hydrogen) atoms. The zero-order valence-corrected chi connectivity index (χ0v) is 7.55. The van der Waals surface area contributed by atoms with Gasteiger partial charge in [-0.05, 0) is 19.3 Å². The number of carbonyl (C=O) groups excluding carboxylic acids is 1. The normalized spacial score (nSPS) is 11.9. The van der Waals surface area contributed by atoms with Crippen molar-refractivity contribution in [3.8, 4) is 0 Å². The van der Waals surface area contributed by atoms with Crippen molar-refractivity contribution in [3.05, 3.63) is 0 Å². The molecule has 0 heterocycles. The van der Waals surface area contributed by atoms with Crippen molar-refractivity contribution in [2.24, 2.45) is 11.1 Å². The van der Waals surface area contributed by atoms with Gasteiger partial charge in [0.1, 0.15) is 0 Å². The number of nitrogens with zero attached hydrogens (tertiary/aromatic N) is 1. The van der Waals surface area contributed by atoms with Crippen molar-refractivity contribution < 1.29 is 9.63 Å². The summed E-state index contributed by atoms with van der Waals surface area (Å²) in [6.07, 6.45) is 0.868. The second-order valence-corrected chi connectivity index (χ2v) is 3.01. The van der Waals surface area contributed by atoms with Crippen LogP contribution in [0.5, 0.6) is 0 Å². The first-order valence-corrected chi connectivity index (χ1v) is 3.73. The topological polar surface area (TPSA) is 38.7 Å². The number of hydrogen-bond donors (Lipinski definition) is 0. The lowest BCUT2D eigenvalue weighted by Crippen LogP contribution is -2.01. The molecule has 64 valence electrons. The second kappa shape index (κ2) is 4.88. The summed E-state index contributed by atoms with van der Waals surface area (Å²) >= 11 is 0. The maximum atomic E-state index is 10.3. The Kier molecular flexibility index (Phi) is 4.50. The van der Waals surface area contributed by atoms with Crippen LogP contribution in [0.2, 0.25) is 0 Å². The molecular formula is C8H15NO2. The molecule has 0 saturated heterocycles. The predicted octanol–water partition coefficient (Wildman–Crippen LogP) is 1.97. The molecule has 3 heteroatoms. The third kappa shape index (κ3) is 7.03. The Labute approximate surface area is 67.4 Å². The van der Waals surface area contributed by atoms with Gasteiger partial charge in [-0.1, -0.05) is 19.0 Å². The largest absolute Gasteiger partial charge is 0.331 e. The van der Waals surface area contributed by atoms with E-state index < -0.39 is 0 Å². The summed E-state index contributed by atoms with van der Waals surface area (Å²) in [6, 6.07) is 0. The lowest BCUT2D eigenvalue weighted by atomic mass is 10.1. The standard InChI is InChI=1S/C8H15NO2/c1-6(2)5-7(3)9-11-8(4)10/h6H,5H2,1-4H3. The maximum absolute atomic E-state index is 10.3. The fraction of sp³-hybridized carbons (Fsp3) is 0.750. The minimum absolute atomic E-state index is 0.367. The van der Waals surface area contributed by atoms with Crippen molar-refractivity contribution in [2.45, 2.75) is 34.1 Å². The van der Waals surface area contributed by atoms with Crippen LogP contribution in [0.25, 0.3) is 0 Å². The van der Waals surface area contributed by atoms with Crippen LogP contribution in [0.4, 0.5) is 0 Å². The Balaban J connectivity index is 3.72. The summed E-state index contributed by atoms with van der Waals surface area (Å²) in [5.41, 5.74) is 0.857. The first-order chi connectivity index (χ1) is 5.02. The van der Waals surface area contributed by atoms with E-state index in [2.05, 4.69) is 23.8 Å². The van der Waals surface area contributed by atoms with Crippen molar-refractivity contribution >= 4 is 11.7 Å². The molecule has 0 atom stereocenters. The zero-order valence-electron chi connectivity index (χ0n) is 7.55. The highest BCUT2D eigenvalue weighted by molar-refractivity contribution is 5.82. The number of oxime groups is 1. The highest BCUT2D eigenvalue weighted by Gasteiger charge is 1.98. The van der Waals surface area contributed by atoms with Crippen LogP contribution < -0.4 is 0 Å². The van der Waals surface area contributed by atoms with Crippen LogP contribution in [-0.2, 0) is 9.63 Å². The third-order valence-corrected chi connectivity index (χ3v) is 1.03. The first-order valence-electron chi connectivity index (χ1n) is 3.73. The Morgan fingerprint density at radius 3 is 2.36 bits per heavy atom. The first kappa shape index (κ1) is 10.1. The summed E-state index contributed by atoms with van der Waals surface area (Å²) in [4.78, 5) is 14.8. The molecule has 0 amide bonds. The van der Waals surface area contributed by atoms with E-state index in [-0.39, 0.29) is 5.97 Å². The fourth-order valence-electron chi connectivity index (χ4n) is 0.770. The minimum Gasteiger partial charge on any atom is -0.319 e. The molecule has 0 aromatic carbocycles. The van der Waals surface area contributed by atoms with Gasteiger partial charge in [0.05, 0.1) is 5.71 Å². The van der Waals surface area contributed by atoms with Crippen molar-refractivity contribution in [2.75, 3.05) is 0 Å². The van der Waals surface area contributed by atoms with Crippen molar-refractivity contribution in [1.82, 2.24) is 0 Å². The average molecular weight is 157 g/mol. The average Bonchev–Trinajstić information content (AvgIpc) is 1.82. The molecule has 0 aromatic heterocycles. The van der Waals surface area contributed by atoms with Gasteiger partial charge in [-0.25, -0.2) is 4.79 Å². The molecule has 0 radical (unpaired) electrons. The molecular weight excluding hydrogens is 142 g/mol. The molecule has 0 saturated carbocycles. The van der Waals surface area contributed by atoms with E-state index in [1.165, 1.54) is 6.92 Å². The molecule has 0 bridgehead atoms. The van der Waals surface area contributed by atoms with Gasteiger partial charge in [0.25, 0.3) is 0 Å².